The first-order valence-corrected chi connectivity index (χ1v) is 9.75. The number of piperazine rings is 1. The van der Waals surface area contributed by atoms with Crippen molar-refractivity contribution in [3.8, 4) is 0 Å². The van der Waals surface area contributed by atoms with Gasteiger partial charge in [-0.1, -0.05) is 15.9 Å². The molecule has 0 aromatic carbocycles. The Morgan fingerprint density at radius 1 is 1.12 bits per heavy atom. The minimum absolute atomic E-state index is 0.785. The predicted molar refractivity (Wildman–Crippen MR) is 100 cm³/mol. The lowest BCUT2D eigenvalue weighted by atomic mass is 10.0. The largest absolute Gasteiger partial charge is 0.304 e. The summed E-state index contributed by atoms with van der Waals surface area (Å²) in [4.78, 5) is 7.74. The SMILES string of the molecule is CN1CCN(C2CCN(Cc3cnn4ccc(Br)cc34)CC2)CC1. The monoisotopic (exact) mass is 391 g/mol. The Balaban J connectivity index is 1.35. The molecule has 5 nitrogen and oxygen atoms in total. The van der Waals surface area contributed by atoms with E-state index in [9.17, 15) is 0 Å². The van der Waals surface area contributed by atoms with E-state index in [0.717, 1.165) is 17.1 Å². The molecule has 2 aromatic rings. The number of pyridine rings is 1. The highest BCUT2D eigenvalue weighted by Gasteiger charge is 2.26. The number of halogens is 1. The van der Waals surface area contributed by atoms with Crippen molar-refractivity contribution >= 4 is 21.4 Å². The molecule has 0 amide bonds. The minimum atomic E-state index is 0.785. The number of nitrogens with zero attached hydrogens (tertiary/aromatic N) is 5. The van der Waals surface area contributed by atoms with Crippen LogP contribution < -0.4 is 0 Å². The molecule has 0 N–H and O–H groups in total. The van der Waals surface area contributed by atoms with E-state index in [0.29, 0.717) is 0 Å². The Kier molecular flexibility index (Phi) is 4.90. The van der Waals surface area contributed by atoms with Crippen LogP contribution in [0.3, 0.4) is 0 Å². The number of aromatic nitrogens is 2. The van der Waals surface area contributed by atoms with Gasteiger partial charge in [0.1, 0.15) is 0 Å². The molecule has 2 aliphatic heterocycles. The molecule has 0 bridgehead atoms. The topological polar surface area (TPSA) is 27.0 Å². The predicted octanol–water partition coefficient (Wildman–Crippen LogP) is 2.31. The van der Waals surface area contributed by atoms with E-state index in [4.69, 9.17) is 0 Å². The van der Waals surface area contributed by atoms with Crippen LogP contribution in [0.15, 0.2) is 29.0 Å². The summed E-state index contributed by atoms with van der Waals surface area (Å²) in [6.07, 6.45) is 6.64. The number of likely N-dealkylation sites (N-methyl/N-ethyl adjacent to an activating group) is 1. The average molecular weight is 392 g/mol. The molecular formula is C18H26BrN5. The van der Waals surface area contributed by atoms with Crippen LogP contribution in [-0.2, 0) is 6.54 Å². The van der Waals surface area contributed by atoms with E-state index in [1.54, 1.807) is 0 Å². The van der Waals surface area contributed by atoms with Gasteiger partial charge in [0.15, 0.2) is 0 Å². The van der Waals surface area contributed by atoms with Crippen molar-refractivity contribution in [1.29, 1.82) is 0 Å². The molecule has 0 radical (unpaired) electrons. The quantitative estimate of drug-likeness (QED) is 0.801. The molecule has 6 heteroatoms. The van der Waals surface area contributed by atoms with Crippen LogP contribution in [0, 0.1) is 0 Å². The fraction of sp³-hybridized carbons (Fsp3) is 0.611. The van der Waals surface area contributed by atoms with Crippen molar-refractivity contribution in [3.05, 3.63) is 34.6 Å². The second kappa shape index (κ2) is 7.12. The highest BCUT2D eigenvalue weighted by Crippen LogP contribution is 2.22. The highest BCUT2D eigenvalue weighted by atomic mass is 79.9. The van der Waals surface area contributed by atoms with Crippen LogP contribution in [0.2, 0.25) is 0 Å². The average Bonchev–Trinajstić information content (AvgIpc) is 2.98. The normalized spacial score (nSPS) is 22.4. The maximum Gasteiger partial charge on any atom is 0.0717 e. The maximum absolute atomic E-state index is 4.48. The van der Waals surface area contributed by atoms with Crippen molar-refractivity contribution in [1.82, 2.24) is 24.3 Å². The van der Waals surface area contributed by atoms with Gasteiger partial charge in [0, 0.05) is 55.0 Å². The van der Waals surface area contributed by atoms with Gasteiger partial charge in [-0.2, -0.15) is 5.10 Å². The molecule has 4 heterocycles. The van der Waals surface area contributed by atoms with E-state index in [1.165, 1.54) is 63.2 Å². The molecule has 2 saturated heterocycles. The molecule has 130 valence electrons. The van der Waals surface area contributed by atoms with Gasteiger partial charge in [-0.05, 0) is 45.1 Å². The van der Waals surface area contributed by atoms with E-state index in [1.807, 2.05) is 23.0 Å². The highest BCUT2D eigenvalue weighted by molar-refractivity contribution is 9.10. The smallest absolute Gasteiger partial charge is 0.0717 e. The number of hydrogen-bond donors (Lipinski definition) is 0. The molecule has 4 rings (SSSR count). The summed E-state index contributed by atoms with van der Waals surface area (Å²) in [7, 11) is 2.23. The second-order valence-electron chi connectivity index (χ2n) is 7.19. The van der Waals surface area contributed by atoms with Gasteiger partial charge in [0.25, 0.3) is 0 Å². The van der Waals surface area contributed by atoms with Crippen molar-refractivity contribution in [2.75, 3.05) is 46.3 Å². The summed E-state index contributed by atoms with van der Waals surface area (Å²) in [5, 5.41) is 4.48. The number of likely N-dealkylation sites (tertiary alicyclic amines) is 1. The molecule has 2 aliphatic rings. The van der Waals surface area contributed by atoms with E-state index in [-0.39, 0.29) is 0 Å². The van der Waals surface area contributed by atoms with Gasteiger partial charge in [0.05, 0.1) is 11.7 Å². The van der Waals surface area contributed by atoms with E-state index < -0.39 is 0 Å². The first kappa shape index (κ1) is 16.5. The summed E-state index contributed by atoms with van der Waals surface area (Å²) >= 11 is 3.57. The van der Waals surface area contributed by atoms with E-state index in [2.05, 4.69) is 48.8 Å². The number of fused-ring (bicyclic) bond motifs is 1. The molecule has 2 fully saturated rings. The van der Waals surface area contributed by atoms with Crippen LogP contribution >= 0.6 is 15.9 Å². The first-order chi connectivity index (χ1) is 11.7. The third kappa shape index (κ3) is 3.52. The standard InChI is InChI=1S/C18H26BrN5/c1-21-8-10-23(11-9-21)17-3-5-22(6-4-17)14-15-13-20-24-7-2-16(19)12-18(15)24/h2,7,12-13,17H,3-6,8-11,14H2,1H3. The zero-order valence-electron chi connectivity index (χ0n) is 14.4. The number of piperidine rings is 1. The van der Waals surface area contributed by atoms with Gasteiger partial charge < -0.3 is 4.90 Å². The number of hydrogen-bond acceptors (Lipinski definition) is 4. The Bertz CT molecular complexity index is 684. The summed E-state index contributed by atoms with van der Waals surface area (Å²) in [5.74, 6) is 0. The Hall–Kier alpha value is -0.950. The summed E-state index contributed by atoms with van der Waals surface area (Å²) in [5.41, 5.74) is 2.54. The van der Waals surface area contributed by atoms with Crippen LogP contribution in [-0.4, -0.2) is 76.7 Å². The fourth-order valence-electron chi connectivity index (χ4n) is 4.00. The lowest BCUT2D eigenvalue weighted by Gasteiger charge is -2.42. The zero-order valence-corrected chi connectivity index (χ0v) is 16.0. The van der Waals surface area contributed by atoms with Gasteiger partial charge in [-0.25, -0.2) is 4.52 Å². The van der Waals surface area contributed by atoms with Crippen LogP contribution in [0.4, 0.5) is 0 Å². The van der Waals surface area contributed by atoms with Crippen LogP contribution in [0.5, 0.6) is 0 Å². The third-order valence-corrected chi connectivity index (χ3v) is 6.06. The Morgan fingerprint density at radius 2 is 1.88 bits per heavy atom. The van der Waals surface area contributed by atoms with Crippen LogP contribution in [0.25, 0.3) is 5.52 Å². The second-order valence-corrected chi connectivity index (χ2v) is 8.11. The van der Waals surface area contributed by atoms with Crippen LogP contribution in [0.1, 0.15) is 18.4 Å². The van der Waals surface area contributed by atoms with Crippen molar-refractivity contribution in [2.45, 2.75) is 25.4 Å². The molecule has 24 heavy (non-hydrogen) atoms. The number of rotatable bonds is 3. The molecule has 0 atom stereocenters. The molecule has 0 aliphatic carbocycles. The van der Waals surface area contributed by atoms with E-state index >= 15 is 0 Å². The van der Waals surface area contributed by atoms with Gasteiger partial charge >= 0.3 is 0 Å². The zero-order chi connectivity index (χ0) is 16.5. The van der Waals surface area contributed by atoms with Gasteiger partial charge in [0.2, 0.25) is 0 Å². The third-order valence-electron chi connectivity index (χ3n) is 5.57. The molecule has 0 unspecified atom stereocenters. The summed E-state index contributed by atoms with van der Waals surface area (Å²) in [6.45, 7) is 8.32. The summed E-state index contributed by atoms with van der Waals surface area (Å²) in [6, 6.07) is 4.98. The Labute approximate surface area is 152 Å². The first-order valence-electron chi connectivity index (χ1n) is 8.96. The Morgan fingerprint density at radius 3 is 2.62 bits per heavy atom. The van der Waals surface area contributed by atoms with Gasteiger partial charge in [-0.3, -0.25) is 9.80 Å². The maximum atomic E-state index is 4.48. The van der Waals surface area contributed by atoms with Crippen molar-refractivity contribution in [3.63, 3.8) is 0 Å². The van der Waals surface area contributed by atoms with Crippen molar-refractivity contribution < 1.29 is 0 Å². The molecule has 0 saturated carbocycles. The summed E-state index contributed by atoms with van der Waals surface area (Å²) < 4.78 is 3.09. The van der Waals surface area contributed by atoms with Crippen molar-refractivity contribution in [2.24, 2.45) is 0 Å². The fourth-order valence-corrected chi connectivity index (χ4v) is 4.33. The lowest BCUT2D eigenvalue weighted by molar-refractivity contribution is 0.0659. The molecule has 2 aromatic heterocycles. The lowest BCUT2D eigenvalue weighted by Crippen LogP contribution is -2.52. The van der Waals surface area contributed by atoms with Gasteiger partial charge in [-0.15, -0.1) is 0 Å². The molecule has 0 spiro atoms. The minimum Gasteiger partial charge on any atom is -0.304 e. The molecular weight excluding hydrogens is 366 g/mol.